The summed E-state index contributed by atoms with van der Waals surface area (Å²) in [7, 11) is -1.25. The van der Waals surface area contributed by atoms with Crippen LogP contribution in [0.4, 0.5) is 0 Å². The number of piperidine rings is 1. The van der Waals surface area contributed by atoms with Crippen molar-refractivity contribution >= 4 is 10.0 Å². The second kappa shape index (κ2) is 6.98. The molecular weight excluding hydrogens is 320 g/mol. The minimum Gasteiger partial charge on any atom is -0.303 e. The van der Waals surface area contributed by atoms with Gasteiger partial charge >= 0.3 is 5.69 Å². The van der Waals surface area contributed by atoms with Crippen LogP contribution in [-0.4, -0.2) is 48.1 Å². The van der Waals surface area contributed by atoms with E-state index in [4.69, 9.17) is 0 Å². The third kappa shape index (κ3) is 3.91. The molecule has 9 heteroatoms. The van der Waals surface area contributed by atoms with Crippen LogP contribution in [0.15, 0.2) is 20.7 Å². The molecule has 0 atom stereocenters. The lowest BCUT2D eigenvalue weighted by molar-refractivity contribution is 0.208. The topological polar surface area (TPSA) is 93.4 Å². The average molecular weight is 344 g/mol. The summed E-state index contributed by atoms with van der Waals surface area (Å²) >= 11 is 0. The van der Waals surface area contributed by atoms with Crippen LogP contribution >= 0.6 is 0 Å². The Morgan fingerprint density at radius 3 is 2.39 bits per heavy atom. The molecule has 0 aliphatic carbocycles. The maximum atomic E-state index is 12.5. The first-order chi connectivity index (χ1) is 10.8. The van der Waals surface area contributed by atoms with E-state index in [1.807, 2.05) is 0 Å². The first-order valence-electron chi connectivity index (χ1n) is 7.77. The first-order valence-corrected chi connectivity index (χ1v) is 9.26. The number of aryl methyl sites for hydroxylation is 1. The first kappa shape index (κ1) is 17.9. The lowest BCUT2D eigenvalue weighted by atomic mass is 10.1. The van der Waals surface area contributed by atoms with Gasteiger partial charge in [0.05, 0.1) is 0 Å². The molecule has 1 fully saturated rings. The summed E-state index contributed by atoms with van der Waals surface area (Å²) in [5.74, 6) is 0. The second-order valence-corrected chi connectivity index (χ2v) is 7.67. The highest BCUT2D eigenvalue weighted by atomic mass is 32.2. The molecule has 23 heavy (non-hydrogen) atoms. The van der Waals surface area contributed by atoms with E-state index in [0.717, 1.165) is 41.4 Å². The van der Waals surface area contributed by atoms with Gasteiger partial charge in [-0.25, -0.2) is 17.9 Å². The highest BCUT2D eigenvalue weighted by Crippen LogP contribution is 2.13. The Morgan fingerprint density at radius 1 is 1.22 bits per heavy atom. The average Bonchev–Trinajstić information content (AvgIpc) is 2.50. The third-order valence-electron chi connectivity index (χ3n) is 4.15. The Labute approximate surface area is 135 Å². The van der Waals surface area contributed by atoms with Crippen LogP contribution in [-0.2, 0) is 24.1 Å². The van der Waals surface area contributed by atoms with Gasteiger partial charge in [0.15, 0.2) is 4.90 Å². The number of sulfonamides is 1. The number of aromatic nitrogens is 2. The smallest absolute Gasteiger partial charge is 0.303 e. The van der Waals surface area contributed by atoms with Crippen LogP contribution in [0.3, 0.4) is 0 Å². The molecule has 2 rings (SSSR count). The maximum absolute atomic E-state index is 12.5. The molecule has 0 bridgehead atoms. The number of rotatable bonds is 5. The van der Waals surface area contributed by atoms with Gasteiger partial charge in [-0.05, 0) is 38.9 Å². The molecule has 0 radical (unpaired) electrons. The summed E-state index contributed by atoms with van der Waals surface area (Å²) in [6.07, 6.45) is 3.58. The van der Waals surface area contributed by atoms with Crippen LogP contribution in [0.1, 0.15) is 26.2 Å². The Hall–Kier alpha value is -1.45. The standard InChI is InChI=1S/C14H24N4O4S/c1-4-7-18-8-5-11(6-9-18)15-23(21,22)12-10-16(2)14(20)17(3)13(12)19/h10-11,15H,4-9H2,1-3H3. The van der Waals surface area contributed by atoms with Gasteiger partial charge in [0.2, 0.25) is 10.0 Å². The summed E-state index contributed by atoms with van der Waals surface area (Å²) in [6.45, 7) is 4.81. The zero-order valence-corrected chi connectivity index (χ0v) is 14.6. The monoisotopic (exact) mass is 344 g/mol. The second-order valence-electron chi connectivity index (χ2n) is 5.99. The maximum Gasteiger partial charge on any atom is 0.330 e. The summed E-state index contributed by atoms with van der Waals surface area (Å²) < 4.78 is 29.5. The van der Waals surface area contributed by atoms with Crippen LogP contribution in [0, 0.1) is 0 Å². The number of hydrogen-bond acceptors (Lipinski definition) is 5. The number of hydrogen-bond donors (Lipinski definition) is 1. The predicted octanol–water partition coefficient (Wildman–Crippen LogP) is -0.763. The Balaban J connectivity index is 2.18. The van der Waals surface area contributed by atoms with Crippen molar-refractivity contribution in [1.82, 2.24) is 18.8 Å². The molecule has 0 aromatic carbocycles. The summed E-state index contributed by atoms with van der Waals surface area (Å²) in [4.78, 5) is 25.7. The van der Waals surface area contributed by atoms with E-state index >= 15 is 0 Å². The van der Waals surface area contributed by atoms with Crippen molar-refractivity contribution in [3.05, 3.63) is 27.0 Å². The van der Waals surface area contributed by atoms with Crippen molar-refractivity contribution in [1.29, 1.82) is 0 Å². The van der Waals surface area contributed by atoms with Gasteiger partial charge in [-0.15, -0.1) is 0 Å². The van der Waals surface area contributed by atoms with Crippen molar-refractivity contribution in [2.24, 2.45) is 14.1 Å². The van der Waals surface area contributed by atoms with Gasteiger partial charge in [0.1, 0.15) is 0 Å². The van der Waals surface area contributed by atoms with Gasteiger partial charge in [-0.3, -0.25) is 9.36 Å². The molecule has 8 nitrogen and oxygen atoms in total. The van der Waals surface area contributed by atoms with Crippen molar-refractivity contribution in [2.45, 2.75) is 37.1 Å². The van der Waals surface area contributed by atoms with Gasteiger partial charge < -0.3 is 9.47 Å². The van der Waals surface area contributed by atoms with E-state index in [1.165, 1.54) is 14.1 Å². The molecular formula is C14H24N4O4S. The normalized spacial score (nSPS) is 17.5. The molecule has 1 saturated heterocycles. The highest BCUT2D eigenvalue weighted by molar-refractivity contribution is 7.89. The van der Waals surface area contributed by atoms with E-state index < -0.39 is 26.2 Å². The van der Waals surface area contributed by atoms with E-state index in [-0.39, 0.29) is 6.04 Å². The number of likely N-dealkylation sites (tertiary alicyclic amines) is 1. The fraction of sp³-hybridized carbons (Fsp3) is 0.714. The molecule has 0 amide bonds. The zero-order valence-electron chi connectivity index (χ0n) is 13.8. The van der Waals surface area contributed by atoms with Crippen LogP contribution in [0.5, 0.6) is 0 Å². The molecule has 1 aromatic rings. The largest absolute Gasteiger partial charge is 0.330 e. The van der Waals surface area contributed by atoms with Gasteiger partial charge in [0, 0.05) is 26.3 Å². The minimum atomic E-state index is -3.94. The Morgan fingerprint density at radius 2 is 1.83 bits per heavy atom. The van der Waals surface area contributed by atoms with Crippen molar-refractivity contribution in [3.8, 4) is 0 Å². The fourth-order valence-electron chi connectivity index (χ4n) is 2.83. The van der Waals surface area contributed by atoms with Gasteiger partial charge in [-0.1, -0.05) is 6.92 Å². The van der Waals surface area contributed by atoms with Gasteiger partial charge in [-0.2, -0.15) is 0 Å². The Kier molecular flexibility index (Phi) is 5.43. The van der Waals surface area contributed by atoms with E-state index in [0.29, 0.717) is 12.8 Å². The SMILES string of the molecule is CCCN1CCC(NS(=O)(=O)c2cn(C)c(=O)n(C)c2=O)CC1. The predicted molar refractivity (Wildman–Crippen MR) is 87.0 cm³/mol. The lowest BCUT2D eigenvalue weighted by Gasteiger charge is -2.31. The van der Waals surface area contributed by atoms with Crippen LogP contribution in [0.25, 0.3) is 0 Å². The molecule has 0 saturated carbocycles. The van der Waals surface area contributed by atoms with Crippen molar-refractivity contribution in [3.63, 3.8) is 0 Å². The molecule has 1 N–H and O–H groups in total. The highest BCUT2D eigenvalue weighted by Gasteiger charge is 2.27. The van der Waals surface area contributed by atoms with Crippen LogP contribution in [0.2, 0.25) is 0 Å². The molecule has 0 spiro atoms. The number of nitrogens with one attached hydrogen (secondary N) is 1. The number of nitrogens with zero attached hydrogens (tertiary/aromatic N) is 3. The lowest BCUT2D eigenvalue weighted by Crippen LogP contribution is -2.47. The third-order valence-corrected chi connectivity index (χ3v) is 5.66. The van der Waals surface area contributed by atoms with Crippen molar-refractivity contribution < 1.29 is 8.42 Å². The molecule has 1 aliphatic rings. The van der Waals surface area contributed by atoms with Gasteiger partial charge in [0.25, 0.3) is 5.56 Å². The Bertz CT molecular complexity index is 773. The minimum absolute atomic E-state index is 0.185. The van der Waals surface area contributed by atoms with Crippen molar-refractivity contribution in [2.75, 3.05) is 19.6 Å². The molecule has 1 aromatic heterocycles. The summed E-state index contributed by atoms with van der Waals surface area (Å²) in [5.41, 5.74) is -1.36. The summed E-state index contributed by atoms with van der Waals surface area (Å²) in [6, 6.07) is -0.185. The molecule has 130 valence electrons. The summed E-state index contributed by atoms with van der Waals surface area (Å²) in [5, 5.41) is 0. The quantitative estimate of drug-likeness (QED) is 0.758. The van der Waals surface area contributed by atoms with E-state index in [1.54, 1.807) is 0 Å². The van der Waals surface area contributed by atoms with E-state index in [9.17, 15) is 18.0 Å². The molecule has 1 aliphatic heterocycles. The molecule has 2 heterocycles. The van der Waals surface area contributed by atoms with E-state index in [2.05, 4.69) is 16.5 Å². The zero-order chi connectivity index (χ0) is 17.2. The fourth-order valence-corrected chi connectivity index (χ4v) is 4.30. The van der Waals surface area contributed by atoms with Crippen LogP contribution < -0.4 is 16.0 Å². The molecule has 0 unspecified atom stereocenters.